The molecule has 1 aliphatic rings. The van der Waals surface area contributed by atoms with E-state index < -0.39 is 5.97 Å². The Balaban J connectivity index is 1.53. The molecule has 3 aromatic rings. The molecule has 2 aromatic heterocycles. The molecular formula is C22H22N4O3. The van der Waals surface area contributed by atoms with Crippen molar-refractivity contribution in [3.05, 3.63) is 66.6 Å². The summed E-state index contributed by atoms with van der Waals surface area (Å²) in [6, 6.07) is 13.3. The number of para-hydroxylation sites is 1. The van der Waals surface area contributed by atoms with Crippen molar-refractivity contribution in [2.24, 2.45) is 0 Å². The molecule has 0 saturated heterocycles. The van der Waals surface area contributed by atoms with E-state index >= 15 is 0 Å². The van der Waals surface area contributed by atoms with Crippen molar-refractivity contribution >= 4 is 11.9 Å². The van der Waals surface area contributed by atoms with Crippen molar-refractivity contribution in [2.75, 3.05) is 6.61 Å². The topological polar surface area (TPSA) is 86.1 Å². The van der Waals surface area contributed by atoms with E-state index in [9.17, 15) is 9.59 Å². The highest BCUT2D eigenvalue weighted by Gasteiger charge is 2.22. The first kappa shape index (κ1) is 18.9. The monoisotopic (exact) mass is 390 g/mol. The predicted molar refractivity (Wildman–Crippen MR) is 107 cm³/mol. The Labute approximate surface area is 168 Å². The fourth-order valence-electron chi connectivity index (χ4n) is 3.50. The van der Waals surface area contributed by atoms with Crippen LogP contribution in [-0.4, -0.2) is 39.3 Å². The number of nitrogens with zero attached hydrogens (tertiary/aromatic N) is 3. The number of aromatic nitrogens is 3. The smallest absolute Gasteiger partial charge is 0.342 e. The van der Waals surface area contributed by atoms with Gasteiger partial charge in [-0.25, -0.2) is 9.48 Å². The Bertz CT molecular complexity index is 980. The van der Waals surface area contributed by atoms with Gasteiger partial charge in [0, 0.05) is 30.2 Å². The molecule has 1 aliphatic carbocycles. The van der Waals surface area contributed by atoms with E-state index in [-0.39, 0.29) is 24.1 Å². The van der Waals surface area contributed by atoms with Crippen LogP contribution in [0.3, 0.4) is 0 Å². The van der Waals surface area contributed by atoms with Crippen LogP contribution < -0.4 is 5.32 Å². The lowest BCUT2D eigenvalue weighted by Gasteiger charge is -2.11. The molecule has 0 radical (unpaired) electrons. The van der Waals surface area contributed by atoms with E-state index in [4.69, 9.17) is 4.74 Å². The van der Waals surface area contributed by atoms with E-state index in [1.165, 1.54) is 0 Å². The maximum atomic E-state index is 12.7. The number of pyridine rings is 1. The molecule has 0 atom stereocenters. The number of hydrogen-bond acceptors (Lipinski definition) is 5. The van der Waals surface area contributed by atoms with Crippen LogP contribution in [0, 0.1) is 0 Å². The second-order valence-corrected chi connectivity index (χ2v) is 7.04. The van der Waals surface area contributed by atoms with E-state index in [1.54, 1.807) is 29.3 Å². The van der Waals surface area contributed by atoms with E-state index in [0.717, 1.165) is 31.4 Å². The van der Waals surface area contributed by atoms with Gasteiger partial charge < -0.3 is 10.1 Å². The van der Waals surface area contributed by atoms with Gasteiger partial charge in [0.1, 0.15) is 11.3 Å². The summed E-state index contributed by atoms with van der Waals surface area (Å²) in [5.74, 6) is -0.865. The quantitative estimate of drug-likeness (QED) is 0.654. The van der Waals surface area contributed by atoms with Crippen LogP contribution in [0.5, 0.6) is 0 Å². The summed E-state index contributed by atoms with van der Waals surface area (Å²) in [7, 11) is 0. The molecule has 1 fully saturated rings. The lowest BCUT2D eigenvalue weighted by Crippen LogP contribution is -2.35. The van der Waals surface area contributed by atoms with E-state index in [2.05, 4.69) is 15.4 Å². The number of carbonyl (C=O) groups excluding carboxylic acids is 2. The van der Waals surface area contributed by atoms with Crippen LogP contribution in [0.2, 0.25) is 0 Å². The predicted octanol–water partition coefficient (Wildman–Crippen LogP) is 3.15. The number of carbonyl (C=O) groups is 2. The molecule has 0 aliphatic heterocycles. The van der Waals surface area contributed by atoms with Gasteiger partial charge in [0.15, 0.2) is 6.61 Å². The SMILES string of the molecule is O=C(COC(=O)c1cn(-c2ccccc2)nc1-c1cccnc1)NC1CCCC1. The standard InChI is InChI=1S/C22H22N4O3/c27-20(24-17-8-4-5-9-17)15-29-22(28)19-14-26(18-10-2-1-3-11-18)25-21(19)16-7-6-12-23-13-16/h1-3,6-7,10-14,17H,4-5,8-9,15H2,(H,24,27). The molecule has 0 spiro atoms. The van der Waals surface area contributed by atoms with Crippen LogP contribution in [0.15, 0.2) is 61.1 Å². The highest BCUT2D eigenvalue weighted by Crippen LogP contribution is 2.24. The molecule has 1 N–H and O–H groups in total. The molecule has 1 aromatic carbocycles. The van der Waals surface area contributed by atoms with Crippen LogP contribution in [0.25, 0.3) is 16.9 Å². The van der Waals surface area contributed by atoms with Gasteiger partial charge in [-0.1, -0.05) is 31.0 Å². The Morgan fingerprint density at radius 3 is 2.62 bits per heavy atom. The first-order valence-electron chi connectivity index (χ1n) is 9.72. The van der Waals surface area contributed by atoms with Gasteiger partial charge in [-0.3, -0.25) is 9.78 Å². The Hall–Kier alpha value is -3.48. The van der Waals surface area contributed by atoms with Crippen molar-refractivity contribution < 1.29 is 14.3 Å². The lowest BCUT2D eigenvalue weighted by atomic mass is 10.1. The normalized spacial score (nSPS) is 13.9. The highest BCUT2D eigenvalue weighted by molar-refractivity contribution is 5.97. The molecule has 4 rings (SSSR count). The van der Waals surface area contributed by atoms with E-state index in [0.29, 0.717) is 11.3 Å². The molecule has 7 nitrogen and oxygen atoms in total. The zero-order chi connectivity index (χ0) is 20.1. The first-order valence-corrected chi connectivity index (χ1v) is 9.72. The van der Waals surface area contributed by atoms with Gasteiger partial charge in [0.2, 0.25) is 0 Å². The van der Waals surface area contributed by atoms with Gasteiger partial charge in [-0.2, -0.15) is 5.10 Å². The van der Waals surface area contributed by atoms with Crippen LogP contribution in [0.1, 0.15) is 36.0 Å². The van der Waals surface area contributed by atoms with Crippen LogP contribution >= 0.6 is 0 Å². The van der Waals surface area contributed by atoms with Gasteiger partial charge in [0.25, 0.3) is 5.91 Å². The Morgan fingerprint density at radius 2 is 1.90 bits per heavy atom. The fourth-order valence-corrected chi connectivity index (χ4v) is 3.50. The molecule has 0 bridgehead atoms. The van der Waals surface area contributed by atoms with Gasteiger partial charge in [-0.15, -0.1) is 0 Å². The summed E-state index contributed by atoms with van der Waals surface area (Å²) in [6.07, 6.45) is 9.12. The number of hydrogen-bond donors (Lipinski definition) is 1. The Kier molecular flexibility index (Phi) is 5.65. The maximum Gasteiger partial charge on any atom is 0.342 e. The molecule has 148 valence electrons. The van der Waals surface area contributed by atoms with Crippen molar-refractivity contribution in [1.29, 1.82) is 0 Å². The minimum Gasteiger partial charge on any atom is -0.452 e. The first-order chi connectivity index (χ1) is 14.2. The largest absolute Gasteiger partial charge is 0.452 e. The zero-order valence-electron chi connectivity index (χ0n) is 16.0. The Morgan fingerprint density at radius 1 is 1.10 bits per heavy atom. The molecule has 1 saturated carbocycles. The van der Waals surface area contributed by atoms with Crippen molar-refractivity contribution in [3.8, 4) is 16.9 Å². The maximum absolute atomic E-state index is 12.7. The third-order valence-electron chi connectivity index (χ3n) is 4.94. The lowest BCUT2D eigenvalue weighted by molar-refractivity contribution is -0.124. The fraction of sp³-hybridized carbons (Fsp3) is 0.273. The van der Waals surface area contributed by atoms with Gasteiger partial charge >= 0.3 is 5.97 Å². The number of benzene rings is 1. The number of esters is 1. The second kappa shape index (κ2) is 8.68. The molecule has 2 heterocycles. The number of rotatable bonds is 6. The highest BCUT2D eigenvalue weighted by atomic mass is 16.5. The molecular weight excluding hydrogens is 368 g/mol. The summed E-state index contributed by atoms with van der Waals surface area (Å²) in [6.45, 7) is -0.307. The summed E-state index contributed by atoms with van der Waals surface area (Å²) in [4.78, 5) is 29.0. The summed E-state index contributed by atoms with van der Waals surface area (Å²) in [5, 5.41) is 7.47. The van der Waals surface area contributed by atoms with Crippen molar-refractivity contribution in [3.63, 3.8) is 0 Å². The van der Waals surface area contributed by atoms with Gasteiger partial charge in [-0.05, 0) is 37.1 Å². The van der Waals surface area contributed by atoms with Gasteiger partial charge in [0.05, 0.1) is 5.69 Å². The number of nitrogens with one attached hydrogen (secondary N) is 1. The minimum atomic E-state index is -0.590. The summed E-state index contributed by atoms with van der Waals surface area (Å²) < 4.78 is 6.91. The third-order valence-corrected chi connectivity index (χ3v) is 4.94. The van der Waals surface area contributed by atoms with Crippen LogP contribution in [0.4, 0.5) is 0 Å². The molecule has 29 heavy (non-hydrogen) atoms. The third kappa shape index (κ3) is 4.51. The van der Waals surface area contributed by atoms with Crippen molar-refractivity contribution in [2.45, 2.75) is 31.7 Å². The summed E-state index contributed by atoms with van der Waals surface area (Å²) in [5.41, 5.74) is 2.26. The average Bonchev–Trinajstić information content (AvgIpc) is 3.43. The average molecular weight is 390 g/mol. The van der Waals surface area contributed by atoms with E-state index in [1.807, 2.05) is 36.4 Å². The molecule has 0 unspecified atom stereocenters. The number of amides is 1. The molecule has 1 amide bonds. The number of ether oxygens (including phenoxy) is 1. The zero-order valence-corrected chi connectivity index (χ0v) is 16.0. The molecule has 7 heteroatoms. The minimum absolute atomic E-state index is 0.188. The summed E-state index contributed by atoms with van der Waals surface area (Å²) >= 11 is 0. The van der Waals surface area contributed by atoms with Crippen LogP contribution in [-0.2, 0) is 9.53 Å². The second-order valence-electron chi connectivity index (χ2n) is 7.04. The van der Waals surface area contributed by atoms with Crippen molar-refractivity contribution in [1.82, 2.24) is 20.1 Å².